The van der Waals surface area contributed by atoms with Crippen molar-refractivity contribution in [3.05, 3.63) is 97.4 Å². The van der Waals surface area contributed by atoms with Crippen molar-refractivity contribution in [3.63, 3.8) is 0 Å². The Balaban J connectivity index is 1.71. The molecule has 1 N–H and O–H groups in total. The van der Waals surface area contributed by atoms with Gasteiger partial charge in [-0.3, -0.25) is 14.9 Å². The Kier molecular flexibility index (Phi) is 7.07. The second-order valence-corrected chi connectivity index (χ2v) is 9.21. The molecule has 1 aliphatic heterocycles. The van der Waals surface area contributed by atoms with Gasteiger partial charge in [0.2, 0.25) is 0 Å². The number of nitrogens with one attached hydrogen (secondary N) is 1. The number of amides is 4. The van der Waals surface area contributed by atoms with E-state index in [1.165, 1.54) is 12.1 Å². The summed E-state index contributed by atoms with van der Waals surface area (Å²) in [6, 6.07) is 16.5. The van der Waals surface area contributed by atoms with Gasteiger partial charge in [0.15, 0.2) is 0 Å². The quantitative estimate of drug-likeness (QED) is 0.293. The molecular formula is C25H17BrCl2N2O4. The second-order valence-electron chi connectivity index (χ2n) is 7.45. The first-order valence-electron chi connectivity index (χ1n) is 10.1. The van der Waals surface area contributed by atoms with Crippen molar-refractivity contribution < 1.29 is 19.1 Å². The van der Waals surface area contributed by atoms with Crippen LogP contribution >= 0.6 is 39.1 Å². The highest BCUT2D eigenvalue weighted by atomic mass is 79.9. The monoisotopic (exact) mass is 558 g/mol. The molecule has 1 heterocycles. The van der Waals surface area contributed by atoms with Crippen molar-refractivity contribution in [2.45, 2.75) is 13.5 Å². The highest BCUT2D eigenvalue weighted by molar-refractivity contribution is 9.10. The van der Waals surface area contributed by atoms with Crippen molar-refractivity contribution in [3.8, 4) is 5.75 Å². The van der Waals surface area contributed by atoms with Crippen LogP contribution in [0.5, 0.6) is 5.75 Å². The molecule has 9 heteroatoms. The molecule has 1 saturated heterocycles. The summed E-state index contributed by atoms with van der Waals surface area (Å²) in [7, 11) is 0. The molecule has 3 aromatic carbocycles. The van der Waals surface area contributed by atoms with Gasteiger partial charge in [0.1, 0.15) is 17.9 Å². The molecule has 1 aliphatic rings. The highest BCUT2D eigenvalue weighted by Crippen LogP contribution is 2.31. The Morgan fingerprint density at radius 2 is 1.79 bits per heavy atom. The lowest BCUT2D eigenvalue weighted by Crippen LogP contribution is -2.54. The summed E-state index contributed by atoms with van der Waals surface area (Å²) < 4.78 is 6.66. The number of urea groups is 1. The zero-order valence-corrected chi connectivity index (χ0v) is 20.9. The van der Waals surface area contributed by atoms with Gasteiger partial charge in [-0.15, -0.1) is 0 Å². The first-order valence-corrected chi connectivity index (χ1v) is 11.6. The Bertz CT molecular complexity index is 1360. The van der Waals surface area contributed by atoms with Gasteiger partial charge in [0.05, 0.1) is 5.69 Å². The molecule has 0 aromatic heterocycles. The summed E-state index contributed by atoms with van der Waals surface area (Å²) in [5, 5.41) is 3.14. The third-order valence-corrected chi connectivity index (χ3v) is 6.22. The van der Waals surface area contributed by atoms with E-state index in [-0.39, 0.29) is 17.9 Å². The third-order valence-electron chi connectivity index (χ3n) is 5.13. The predicted octanol–water partition coefficient (Wildman–Crippen LogP) is 6.31. The fourth-order valence-electron chi connectivity index (χ4n) is 3.39. The number of nitrogens with zero attached hydrogens (tertiary/aromatic N) is 1. The Morgan fingerprint density at radius 3 is 2.56 bits per heavy atom. The summed E-state index contributed by atoms with van der Waals surface area (Å²) in [5.74, 6) is -1.14. The van der Waals surface area contributed by atoms with Crippen molar-refractivity contribution >= 4 is 68.7 Å². The molecule has 1 fully saturated rings. The first kappa shape index (κ1) is 24.0. The number of rotatable bonds is 5. The average Bonchev–Trinajstić information content (AvgIpc) is 2.79. The zero-order chi connectivity index (χ0) is 24.4. The van der Waals surface area contributed by atoms with Gasteiger partial charge in [0, 0.05) is 25.6 Å². The minimum absolute atomic E-state index is 0.184. The van der Waals surface area contributed by atoms with E-state index in [1.54, 1.807) is 43.3 Å². The van der Waals surface area contributed by atoms with Crippen molar-refractivity contribution in [1.82, 2.24) is 5.32 Å². The summed E-state index contributed by atoms with van der Waals surface area (Å²) in [5.41, 5.74) is 1.97. The van der Waals surface area contributed by atoms with E-state index in [2.05, 4.69) is 21.2 Å². The molecular weight excluding hydrogens is 543 g/mol. The molecule has 0 unspecified atom stereocenters. The van der Waals surface area contributed by atoms with Crippen LogP contribution in [-0.4, -0.2) is 17.8 Å². The van der Waals surface area contributed by atoms with Crippen LogP contribution in [0, 0.1) is 6.92 Å². The van der Waals surface area contributed by atoms with Crippen LogP contribution in [0.2, 0.25) is 10.0 Å². The van der Waals surface area contributed by atoms with E-state index in [9.17, 15) is 14.4 Å². The lowest BCUT2D eigenvalue weighted by atomic mass is 10.0. The van der Waals surface area contributed by atoms with Crippen LogP contribution in [0.4, 0.5) is 10.5 Å². The van der Waals surface area contributed by atoms with Crippen molar-refractivity contribution in [2.75, 3.05) is 4.90 Å². The molecule has 34 heavy (non-hydrogen) atoms. The maximum Gasteiger partial charge on any atom is 0.335 e. The zero-order valence-electron chi connectivity index (χ0n) is 17.8. The number of hydrogen-bond acceptors (Lipinski definition) is 4. The van der Waals surface area contributed by atoms with Crippen molar-refractivity contribution in [2.24, 2.45) is 0 Å². The van der Waals surface area contributed by atoms with Gasteiger partial charge in [-0.1, -0.05) is 63.4 Å². The van der Waals surface area contributed by atoms with Gasteiger partial charge in [-0.25, -0.2) is 9.69 Å². The number of carbonyl (C=O) groups is 3. The summed E-state index contributed by atoms with van der Waals surface area (Å²) in [6.07, 6.45) is 1.39. The summed E-state index contributed by atoms with van der Waals surface area (Å²) >= 11 is 15.7. The number of hydrogen-bond donors (Lipinski definition) is 1. The minimum Gasteiger partial charge on any atom is -0.488 e. The van der Waals surface area contributed by atoms with Crippen LogP contribution < -0.4 is 15.0 Å². The SMILES string of the molecule is Cc1ccc(Cl)cc1N1C(=O)NC(=O)/C(=C\c2cc(Br)ccc2OCc2ccccc2Cl)C1=O. The van der Waals surface area contributed by atoms with Crippen LogP contribution in [0.15, 0.2) is 70.7 Å². The Morgan fingerprint density at radius 1 is 1.03 bits per heavy atom. The normalized spacial score (nSPS) is 15.0. The van der Waals surface area contributed by atoms with E-state index in [4.69, 9.17) is 27.9 Å². The number of imide groups is 2. The van der Waals surface area contributed by atoms with Crippen LogP contribution in [0.3, 0.4) is 0 Å². The van der Waals surface area contributed by atoms with Crippen LogP contribution in [-0.2, 0) is 16.2 Å². The van der Waals surface area contributed by atoms with Gasteiger partial charge in [-0.2, -0.15) is 0 Å². The predicted molar refractivity (Wildman–Crippen MR) is 135 cm³/mol. The van der Waals surface area contributed by atoms with Crippen LogP contribution in [0.25, 0.3) is 6.08 Å². The topological polar surface area (TPSA) is 75.7 Å². The third kappa shape index (κ3) is 5.01. The maximum absolute atomic E-state index is 13.3. The van der Waals surface area contributed by atoms with Crippen molar-refractivity contribution in [1.29, 1.82) is 0 Å². The molecule has 4 rings (SSSR count). The van der Waals surface area contributed by atoms with Gasteiger partial charge in [0.25, 0.3) is 11.8 Å². The number of barbiturate groups is 1. The minimum atomic E-state index is -0.845. The smallest absolute Gasteiger partial charge is 0.335 e. The van der Waals surface area contributed by atoms with Gasteiger partial charge >= 0.3 is 6.03 Å². The molecule has 0 aliphatic carbocycles. The summed E-state index contributed by atoms with van der Waals surface area (Å²) in [4.78, 5) is 39.4. The van der Waals surface area contributed by atoms with E-state index < -0.39 is 17.8 Å². The highest BCUT2D eigenvalue weighted by Gasteiger charge is 2.37. The molecule has 0 radical (unpaired) electrons. The van der Waals surface area contributed by atoms with Gasteiger partial charge < -0.3 is 4.74 Å². The fraction of sp³-hybridized carbons (Fsp3) is 0.0800. The molecule has 0 bridgehead atoms. The second kappa shape index (κ2) is 10.0. The van der Waals surface area contributed by atoms with E-state index >= 15 is 0 Å². The Labute approximate surface area is 214 Å². The average molecular weight is 560 g/mol. The molecule has 0 spiro atoms. The van der Waals surface area contributed by atoms with E-state index in [0.717, 1.165) is 10.5 Å². The van der Waals surface area contributed by atoms with Crippen LogP contribution in [0.1, 0.15) is 16.7 Å². The standard InChI is InChI=1S/C25H17BrCl2N2O4/c1-14-6-8-18(27)12-21(14)30-24(32)19(23(31)29-25(30)33)11-16-10-17(26)7-9-22(16)34-13-15-4-2-3-5-20(15)28/h2-12H,13H2,1H3,(H,29,31,33)/b19-11+. The fourth-order valence-corrected chi connectivity index (χ4v) is 4.13. The number of ether oxygens (including phenoxy) is 1. The number of aryl methyl sites for hydroxylation is 1. The molecule has 172 valence electrons. The largest absolute Gasteiger partial charge is 0.488 e. The lowest BCUT2D eigenvalue weighted by Gasteiger charge is -2.27. The summed E-state index contributed by atoms with van der Waals surface area (Å²) in [6.45, 7) is 1.92. The number of halogens is 3. The maximum atomic E-state index is 13.3. The molecule has 6 nitrogen and oxygen atoms in total. The number of benzene rings is 3. The lowest BCUT2D eigenvalue weighted by molar-refractivity contribution is -0.122. The molecule has 0 atom stereocenters. The molecule has 3 aromatic rings. The van der Waals surface area contributed by atoms with Gasteiger partial charge in [-0.05, 0) is 55.0 Å². The van der Waals surface area contributed by atoms with E-state index in [0.29, 0.717) is 31.4 Å². The number of anilines is 1. The first-order chi connectivity index (χ1) is 16.2. The Hall–Kier alpha value is -3.13. The molecule has 4 amide bonds. The molecule has 0 saturated carbocycles. The van der Waals surface area contributed by atoms with E-state index in [1.807, 2.05) is 18.2 Å². The number of carbonyl (C=O) groups excluding carboxylic acids is 3.